The highest BCUT2D eigenvalue weighted by atomic mass is 16.7. The molecule has 0 aliphatic carbocycles. The van der Waals surface area contributed by atoms with E-state index < -0.39 is 74.6 Å². The highest BCUT2D eigenvalue weighted by molar-refractivity contribution is 5.45. The molecule has 0 aromatic heterocycles. The summed E-state index contributed by atoms with van der Waals surface area (Å²) in [5.74, 6) is 0.914. The summed E-state index contributed by atoms with van der Waals surface area (Å²) in [5.41, 5.74) is 1.67. The lowest BCUT2D eigenvalue weighted by Crippen LogP contribution is -2.62. The van der Waals surface area contributed by atoms with Crippen LogP contribution >= 0.6 is 0 Å². The summed E-state index contributed by atoms with van der Waals surface area (Å²) in [6.07, 6.45) is -16.1. The van der Waals surface area contributed by atoms with Gasteiger partial charge in [0.1, 0.15) is 48.8 Å². The molecule has 4 aliphatic rings. The van der Waals surface area contributed by atoms with Crippen molar-refractivity contribution in [1.29, 1.82) is 0 Å². The van der Waals surface area contributed by atoms with Crippen molar-refractivity contribution in [2.24, 2.45) is 11.8 Å². The molecule has 0 spiro atoms. The molecule has 4 fully saturated rings. The lowest BCUT2D eigenvalue weighted by Gasteiger charge is -2.42. The number of phenols is 1. The van der Waals surface area contributed by atoms with Crippen LogP contribution < -0.4 is 14.2 Å². The Bertz CT molecular complexity index is 1390. The maximum absolute atomic E-state index is 10.7. The van der Waals surface area contributed by atoms with Crippen molar-refractivity contribution in [3.8, 4) is 23.0 Å². The van der Waals surface area contributed by atoms with E-state index >= 15 is 0 Å². The van der Waals surface area contributed by atoms with E-state index in [0.29, 0.717) is 19.0 Å². The second-order valence-corrected chi connectivity index (χ2v) is 12.3. The van der Waals surface area contributed by atoms with Gasteiger partial charge in [0.15, 0.2) is 29.3 Å². The lowest BCUT2D eigenvalue weighted by atomic mass is 9.85. The molecule has 2 aromatic rings. The number of rotatable bonds is 10. The zero-order valence-electron chi connectivity index (χ0n) is 26.2. The van der Waals surface area contributed by atoms with Gasteiger partial charge in [0.05, 0.1) is 52.9 Å². The van der Waals surface area contributed by atoms with Crippen LogP contribution in [0.5, 0.6) is 23.0 Å². The summed E-state index contributed by atoms with van der Waals surface area (Å²) in [4.78, 5) is 0. The van der Waals surface area contributed by atoms with Gasteiger partial charge in [-0.2, -0.15) is 0 Å². The van der Waals surface area contributed by atoms with Gasteiger partial charge >= 0.3 is 0 Å². The Balaban J connectivity index is 1.12. The second kappa shape index (κ2) is 14.6. The van der Waals surface area contributed by atoms with Crippen LogP contribution in [0.15, 0.2) is 36.4 Å². The summed E-state index contributed by atoms with van der Waals surface area (Å²) in [6.45, 7) is -0.269. The quantitative estimate of drug-likeness (QED) is 0.142. The third kappa shape index (κ3) is 6.56. The minimum atomic E-state index is -1.72. The Morgan fingerprint density at radius 3 is 1.79 bits per heavy atom. The van der Waals surface area contributed by atoms with Crippen molar-refractivity contribution in [2.45, 2.75) is 73.6 Å². The standard InChI is InChI=1S/C32H42O16/c1-41-19-7-13(3-5-17(19)34)29-15-10-44-30(16(15)11-43-29)14-4-6-18(20(8-14)42-2)46-32-28(40)26(38)24(36)22(48-32)12-45-31-27(39)25(37)23(35)21(9-33)47-31/h3-8,15-16,21-40H,9-12H2,1-2H3. The summed E-state index contributed by atoms with van der Waals surface area (Å²) in [6, 6.07) is 10.3. The van der Waals surface area contributed by atoms with Gasteiger partial charge in [0.2, 0.25) is 6.29 Å². The monoisotopic (exact) mass is 682 g/mol. The number of aromatic hydroxyl groups is 1. The molecule has 2 aromatic carbocycles. The molecule has 48 heavy (non-hydrogen) atoms. The van der Waals surface area contributed by atoms with Crippen molar-refractivity contribution >= 4 is 0 Å². The molecule has 0 saturated carbocycles. The Labute approximate surface area is 275 Å². The van der Waals surface area contributed by atoms with Gasteiger partial charge in [-0.1, -0.05) is 12.1 Å². The fourth-order valence-electron chi connectivity index (χ4n) is 6.74. The zero-order chi connectivity index (χ0) is 34.3. The number of fused-ring (bicyclic) bond motifs is 1. The third-order valence-electron chi connectivity index (χ3n) is 9.50. The number of phenolic OH excluding ortho intramolecular Hbond substituents is 1. The predicted octanol–water partition coefficient (Wildman–Crippen LogP) is -1.51. The van der Waals surface area contributed by atoms with Crippen molar-refractivity contribution in [1.82, 2.24) is 0 Å². The van der Waals surface area contributed by atoms with Gasteiger partial charge < -0.3 is 78.7 Å². The number of benzene rings is 2. The fraction of sp³-hybridized carbons (Fsp3) is 0.625. The number of aliphatic hydroxyl groups is 7. The fourth-order valence-corrected chi connectivity index (χ4v) is 6.74. The number of ether oxygens (including phenoxy) is 8. The molecule has 0 amide bonds. The molecule has 0 radical (unpaired) electrons. The SMILES string of the molecule is COc1cc(C2OCC3C(c4ccc(OC5OC(COC6OC(CO)C(O)C(O)C6O)C(O)C(O)C5O)c(OC)c4)OCC23)ccc1O. The van der Waals surface area contributed by atoms with E-state index in [9.17, 15) is 40.9 Å². The molecule has 266 valence electrons. The molecule has 4 aliphatic heterocycles. The Hall–Kier alpha value is -2.84. The molecule has 8 N–H and O–H groups in total. The van der Waals surface area contributed by atoms with Crippen LogP contribution in [0.3, 0.4) is 0 Å². The van der Waals surface area contributed by atoms with Gasteiger partial charge in [-0.25, -0.2) is 0 Å². The average Bonchev–Trinajstić information content (AvgIpc) is 3.71. The summed E-state index contributed by atoms with van der Waals surface area (Å²) in [7, 11) is 2.92. The van der Waals surface area contributed by atoms with Gasteiger partial charge in [-0.15, -0.1) is 0 Å². The molecule has 4 heterocycles. The van der Waals surface area contributed by atoms with E-state index in [4.69, 9.17) is 37.9 Å². The number of hydrogen-bond acceptors (Lipinski definition) is 16. The molecule has 6 rings (SSSR count). The smallest absolute Gasteiger partial charge is 0.229 e. The molecule has 4 saturated heterocycles. The first-order valence-electron chi connectivity index (χ1n) is 15.6. The number of methoxy groups -OCH3 is 2. The Morgan fingerprint density at radius 2 is 1.19 bits per heavy atom. The first kappa shape index (κ1) is 35.0. The zero-order valence-corrected chi connectivity index (χ0v) is 26.2. The largest absolute Gasteiger partial charge is 0.504 e. The van der Waals surface area contributed by atoms with Crippen LogP contribution in [0.4, 0.5) is 0 Å². The van der Waals surface area contributed by atoms with Crippen LogP contribution in [0.1, 0.15) is 23.3 Å². The first-order chi connectivity index (χ1) is 23.1. The minimum Gasteiger partial charge on any atom is -0.504 e. The molecule has 0 bridgehead atoms. The van der Waals surface area contributed by atoms with Gasteiger partial charge in [-0.05, 0) is 35.4 Å². The first-order valence-corrected chi connectivity index (χ1v) is 15.6. The normalized spacial score (nSPS) is 39.6. The van der Waals surface area contributed by atoms with Crippen molar-refractivity contribution < 1.29 is 78.7 Å². The Morgan fingerprint density at radius 1 is 0.646 bits per heavy atom. The van der Waals surface area contributed by atoms with Crippen LogP contribution in [0, 0.1) is 11.8 Å². The van der Waals surface area contributed by atoms with E-state index in [0.717, 1.165) is 11.1 Å². The van der Waals surface area contributed by atoms with Crippen LogP contribution in [0.2, 0.25) is 0 Å². The third-order valence-corrected chi connectivity index (χ3v) is 9.50. The van der Waals surface area contributed by atoms with E-state index in [1.807, 2.05) is 0 Å². The summed E-state index contributed by atoms with van der Waals surface area (Å²) in [5, 5.41) is 81.5. The summed E-state index contributed by atoms with van der Waals surface area (Å²) < 4.78 is 45.7. The molecule has 14 atom stereocenters. The van der Waals surface area contributed by atoms with E-state index in [1.165, 1.54) is 14.2 Å². The van der Waals surface area contributed by atoms with Gasteiger partial charge in [0.25, 0.3) is 0 Å². The van der Waals surface area contributed by atoms with Gasteiger partial charge in [-0.3, -0.25) is 0 Å². The molecule has 16 nitrogen and oxygen atoms in total. The topological polar surface area (TPSA) is 236 Å². The predicted molar refractivity (Wildman–Crippen MR) is 159 cm³/mol. The molecule has 16 heteroatoms. The summed E-state index contributed by atoms with van der Waals surface area (Å²) >= 11 is 0. The highest BCUT2D eigenvalue weighted by Gasteiger charge is 2.50. The van der Waals surface area contributed by atoms with E-state index in [-0.39, 0.29) is 41.3 Å². The molecular formula is C32H42O16. The number of aliphatic hydroxyl groups excluding tert-OH is 7. The second-order valence-electron chi connectivity index (χ2n) is 12.3. The van der Waals surface area contributed by atoms with Crippen LogP contribution in [-0.2, 0) is 23.7 Å². The highest BCUT2D eigenvalue weighted by Crippen LogP contribution is 2.51. The maximum Gasteiger partial charge on any atom is 0.229 e. The van der Waals surface area contributed by atoms with Crippen molar-refractivity contribution in [3.05, 3.63) is 47.5 Å². The average molecular weight is 683 g/mol. The van der Waals surface area contributed by atoms with Crippen LogP contribution in [-0.4, -0.2) is 143 Å². The van der Waals surface area contributed by atoms with E-state index in [2.05, 4.69) is 0 Å². The number of hydrogen-bond donors (Lipinski definition) is 8. The van der Waals surface area contributed by atoms with Crippen molar-refractivity contribution in [2.75, 3.05) is 40.6 Å². The van der Waals surface area contributed by atoms with Crippen LogP contribution in [0.25, 0.3) is 0 Å². The Kier molecular flexibility index (Phi) is 10.6. The van der Waals surface area contributed by atoms with Gasteiger partial charge in [0, 0.05) is 11.8 Å². The molecule has 14 unspecified atom stereocenters. The van der Waals surface area contributed by atoms with Crippen molar-refractivity contribution in [3.63, 3.8) is 0 Å². The van der Waals surface area contributed by atoms with E-state index in [1.54, 1.807) is 36.4 Å². The minimum absolute atomic E-state index is 0.0239. The molecular weight excluding hydrogens is 640 g/mol. The maximum atomic E-state index is 10.7. The lowest BCUT2D eigenvalue weighted by molar-refractivity contribution is -0.323.